The highest BCUT2D eigenvalue weighted by Gasteiger charge is 2.08. The van der Waals surface area contributed by atoms with Gasteiger partial charge in [-0.1, -0.05) is 32.9 Å². The number of hydrogen-bond donors (Lipinski definition) is 1. The Morgan fingerprint density at radius 2 is 1.88 bits per heavy atom. The maximum atomic E-state index is 5.97. The monoisotopic (exact) mass is 368 g/mol. The molecule has 0 radical (unpaired) electrons. The average molecular weight is 369 g/mol. The van der Waals surface area contributed by atoms with E-state index in [-0.39, 0.29) is 5.28 Å². The van der Waals surface area contributed by atoms with E-state index < -0.39 is 0 Å². The van der Waals surface area contributed by atoms with Gasteiger partial charge in [0.25, 0.3) is 0 Å². The summed E-state index contributed by atoms with van der Waals surface area (Å²) in [5.74, 6) is 1.30. The highest BCUT2D eigenvalue weighted by molar-refractivity contribution is 6.28. The zero-order valence-corrected chi connectivity index (χ0v) is 15.8. The number of aromatic nitrogens is 5. The normalized spacial score (nSPS) is 10.5. The summed E-state index contributed by atoms with van der Waals surface area (Å²) < 4.78 is 3.64. The van der Waals surface area contributed by atoms with Crippen LogP contribution in [0.5, 0.6) is 0 Å². The van der Waals surface area contributed by atoms with Crippen molar-refractivity contribution in [3.05, 3.63) is 66.0 Å². The number of imidazole rings is 1. The third kappa shape index (κ3) is 3.70. The van der Waals surface area contributed by atoms with Crippen molar-refractivity contribution in [1.29, 1.82) is 0 Å². The van der Waals surface area contributed by atoms with Gasteiger partial charge < -0.3 is 9.88 Å². The second-order valence-electron chi connectivity index (χ2n) is 5.38. The third-order valence-electron chi connectivity index (χ3n) is 3.84. The molecule has 0 fully saturated rings. The van der Waals surface area contributed by atoms with E-state index in [1.807, 2.05) is 42.9 Å². The van der Waals surface area contributed by atoms with Crippen molar-refractivity contribution in [1.82, 2.24) is 24.1 Å². The van der Waals surface area contributed by atoms with E-state index in [9.17, 15) is 0 Å². The van der Waals surface area contributed by atoms with Gasteiger partial charge in [0.05, 0.1) is 6.20 Å². The Kier molecular flexibility index (Phi) is 5.53. The fourth-order valence-corrected chi connectivity index (χ4v) is 2.72. The van der Waals surface area contributed by atoms with Crippen molar-refractivity contribution in [3.63, 3.8) is 0 Å². The minimum Gasteiger partial charge on any atom is -0.322 e. The SMILES string of the molecule is CC.CCc1ccc(-n2cnc(Nc3nc(Cl)nn4cccc34)c2)cc1. The Labute approximate surface area is 157 Å². The summed E-state index contributed by atoms with van der Waals surface area (Å²) in [6.07, 6.45) is 6.53. The first-order chi connectivity index (χ1) is 12.7. The van der Waals surface area contributed by atoms with E-state index in [2.05, 4.69) is 51.6 Å². The number of hydrogen-bond acceptors (Lipinski definition) is 4. The maximum absolute atomic E-state index is 5.97. The van der Waals surface area contributed by atoms with Gasteiger partial charge in [0.1, 0.15) is 17.7 Å². The number of rotatable bonds is 4. The zero-order chi connectivity index (χ0) is 18.5. The van der Waals surface area contributed by atoms with Gasteiger partial charge >= 0.3 is 0 Å². The Hall–Kier alpha value is -2.86. The molecule has 0 unspecified atom stereocenters. The van der Waals surface area contributed by atoms with Crippen molar-refractivity contribution in [2.75, 3.05) is 5.32 Å². The summed E-state index contributed by atoms with van der Waals surface area (Å²) in [5.41, 5.74) is 3.20. The second-order valence-corrected chi connectivity index (χ2v) is 5.72. The van der Waals surface area contributed by atoms with Crippen LogP contribution in [-0.2, 0) is 6.42 Å². The first-order valence-electron chi connectivity index (χ1n) is 8.64. The standard InChI is InChI=1S/C17H15ClN6.C2H6/c1-2-12-5-7-13(8-6-12)23-10-15(19-11-23)20-16-14-4-3-9-24(14)22-17(18)21-16;1-2/h3-11H,2H2,1H3,(H,20,21,22);1-2H3. The first-order valence-corrected chi connectivity index (χ1v) is 9.02. The van der Waals surface area contributed by atoms with Gasteiger partial charge in [0, 0.05) is 11.9 Å². The van der Waals surface area contributed by atoms with Gasteiger partial charge in [-0.2, -0.15) is 4.98 Å². The lowest BCUT2D eigenvalue weighted by Gasteiger charge is -2.05. The molecule has 6 nitrogen and oxygen atoms in total. The topological polar surface area (TPSA) is 60.0 Å². The van der Waals surface area contributed by atoms with E-state index in [1.54, 1.807) is 10.8 Å². The molecule has 0 spiro atoms. The van der Waals surface area contributed by atoms with Crippen molar-refractivity contribution in [2.45, 2.75) is 27.2 Å². The molecule has 26 heavy (non-hydrogen) atoms. The van der Waals surface area contributed by atoms with Crippen LogP contribution in [0.25, 0.3) is 11.2 Å². The summed E-state index contributed by atoms with van der Waals surface area (Å²) in [7, 11) is 0. The lowest BCUT2D eigenvalue weighted by molar-refractivity contribution is 0.907. The Balaban J connectivity index is 0.000000948. The molecule has 134 valence electrons. The van der Waals surface area contributed by atoms with E-state index >= 15 is 0 Å². The Bertz CT molecular complexity index is 987. The van der Waals surface area contributed by atoms with Crippen LogP contribution in [0.3, 0.4) is 0 Å². The minimum absolute atomic E-state index is 0.177. The molecule has 3 aromatic heterocycles. The lowest BCUT2D eigenvalue weighted by atomic mass is 10.1. The Morgan fingerprint density at radius 3 is 2.62 bits per heavy atom. The largest absolute Gasteiger partial charge is 0.322 e. The van der Waals surface area contributed by atoms with Crippen LogP contribution >= 0.6 is 11.6 Å². The minimum atomic E-state index is 0.177. The molecule has 0 saturated heterocycles. The van der Waals surface area contributed by atoms with Gasteiger partial charge in [-0.25, -0.2) is 9.50 Å². The quantitative estimate of drug-likeness (QED) is 0.556. The number of anilines is 2. The molecule has 1 N–H and O–H groups in total. The predicted octanol–water partition coefficient (Wildman–Crippen LogP) is 4.90. The third-order valence-corrected chi connectivity index (χ3v) is 4.00. The van der Waals surface area contributed by atoms with Gasteiger partial charge in [-0.3, -0.25) is 0 Å². The molecule has 1 aromatic carbocycles. The van der Waals surface area contributed by atoms with Crippen LogP contribution in [0, 0.1) is 0 Å². The molecule has 0 aliphatic carbocycles. The highest BCUT2D eigenvalue weighted by Crippen LogP contribution is 2.21. The summed E-state index contributed by atoms with van der Waals surface area (Å²) in [6, 6.07) is 12.2. The summed E-state index contributed by atoms with van der Waals surface area (Å²) in [6.45, 7) is 6.14. The molecule has 4 rings (SSSR count). The van der Waals surface area contributed by atoms with Crippen molar-refractivity contribution < 1.29 is 0 Å². The molecular weight excluding hydrogens is 348 g/mol. The number of nitrogens with one attached hydrogen (secondary N) is 1. The van der Waals surface area contributed by atoms with Crippen molar-refractivity contribution in [3.8, 4) is 5.69 Å². The second kappa shape index (κ2) is 8.01. The number of aryl methyl sites for hydroxylation is 1. The van der Waals surface area contributed by atoms with Crippen LogP contribution in [0.15, 0.2) is 55.1 Å². The number of fused-ring (bicyclic) bond motifs is 1. The molecule has 0 aliphatic heterocycles. The fourth-order valence-electron chi connectivity index (χ4n) is 2.55. The molecule has 0 aliphatic rings. The molecule has 4 aromatic rings. The molecule has 0 amide bonds. The zero-order valence-electron chi connectivity index (χ0n) is 15.0. The molecule has 0 bridgehead atoms. The molecule has 0 saturated carbocycles. The first kappa shape index (κ1) is 17.9. The predicted molar refractivity (Wildman–Crippen MR) is 106 cm³/mol. The Morgan fingerprint density at radius 1 is 1.12 bits per heavy atom. The summed E-state index contributed by atoms with van der Waals surface area (Å²) in [5, 5.41) is 7.49. The van der Waals surface area contributed by atoms with Crippen molar-refractivity contribution in [2.24, 2.45) is 0 Å². The molecule has 7 heteroatoms. The van der Waals surface area contributed by atoms with E-state index in [0.717, 1.165) is 17.6 Å². The van der Waals surface area contributed by atoms with Gasteiger partial charge in [0.15, 0.2) is 5.82 Å². The van der Waals surface area contributed by atoms with Gasteiger partial charge in [-0.05, 0) is 47.9 Å². The van der Waals surface area contributed by atoms with Crippen molar-refractivity contribution >= 4 is 28.8 Å². The van der Waals surface area contributed by atoms with Crippen LogP contribution in [0.4, 0.5) is 11.6 Å². The summed E-state index contributed by atoms with van der Waals surface area (Å²) >= 11 is 5.97. The van der Waals surface area contributed by atoms with E-state index in [0.29, 0.717) is 11.6 Å². The number of nitrogens with zero attached hydrogens (tertiary/aromatic N) is 5. The van der Waals surface area contributed by atoms with Gasteiger partial charge in [-0.15, -0.1) is 5.10 Å². The van der Waals surface area contributed by atoms with E-state index in [4.69, 9.17) is 11.6 Å². The van der Waals surface area contributed by atoms with Gasteiger partial charge in [0.2, 0.25) is 5.28 Å². The van der Waals surface area contributed by atoms with Crippen LogP contribution in [0.2, 0.25) is 5.28 Å². The van der Waals surface area contributed by atoms with Crippen LogP contribution in [0.1, 0.15) is 26.3 Å². The molecule has 0 atom stereocenters. The smallest absolute Gasteiger partial charge is 0.243 e. The number of benzene rings is 1. The number of halogens is 1. The van der Waals surface area contributed by atoms with Crippen LogP contribution in [-0.4, -0.2) is 24.1 Å². The average Bonchev–Trinajstić information content (AvgIpc) is 3.33. The van der Waals surface area contributed by atoms with Crippen LogP contribution < -0.4 is 5.32 Å². The summed E-state index contributed by atoms with van der Waals surface area (Å²) in [4.78, 5) is 8.64. The van der Waals surface area contributed by atoms with E-state index in [1.165, 1.54) is 5.56 Å². The molecule has 3 heterocycles. The fraction of sp³-hybridized carbons (Fsp3) is 0.211. The maximum Gasteiger partial charge on any atom is 0.243 e. The molecular formula is C19H21ClN6. The lowest BCUT2D eigenvalue weighted by Crippen LogP contribution is -2.01. The highest BCUT2D eigenvalue weighted by atomic mass is 35.5.